The van der Waals surface area contributed by atoms with Crippen LogP contribution in [0.3, 0.4) is 0 Å². The van der Waals surface area contributed by atoms with Gasteiger partial charge in [0.2, 0.25) is 0 Å². The zero-order valence-electron chi connectivity index (χ0n) is 12.1. The van der Waals surface area contributed by atoms with Crippen molar-refractivity contribution in [1.29, 1.82) is 0 Å². The molecule has 0 atom stereocenters. The number of hydrogen-bond acceptors (Lipinski definition) is 2. The average molecular weight is 253 g/mol. The Labute approximate surface area is 113 Å². The maximum absolute atomic E-state index is 5.55. The summed E-state index contributed by atoms with van der Waals surface area (Å²) in [4.78, 5) is 0. The molecule has 0 radical (unpaired) electrons. The molecular formula is C16H31NO. The molecule has 1 N–H and O–H groups in total. The van der Waals surface area contributed by atoms with E-state index >= 15 is 0 Å². The lowest BCUT2D eigenvalue weighted by atomic mass is 9.86. The van der Waals surface area contributed by atoms with Gasteiger partial charge in [-0.1, -0.05) is 25.7 Å². The highest BCUT2D eigenvalue weighted by Gasteiger charge is 2.23. The molecule has 0 aromatic heterocycles. The summed E-state index contributed by atoms with van der Waals surface area (Å²) in [6.45, 7) is 3.96. The van der Waals surface area contributed by atoms with E-state index in [1.165, 1.54) is 64.2 Å². The molecule has 0 aliphatic heterocycles. The molecule has 2 rings (SSSR count). The Kier molecular flexibility index (Phi) is 6.50. The summed E-state index contributed by atoms with van der Waals surface area (Å²) in [6.07, 6.45) is 14.1. The topological polar surface area (TPSA) is 21.3 Å². The molecular weight excluding hydrogens is 222 g/mol. The van der Waals surface area contributed by atoms with E-state index in [9.17, 15) is 0 Å². The van der Waals surface area contributed by atoms with E-state index in [0.717, 1.165) is 31.2 Å². The molecule has 2 saturated carbocycles. The van der Waals surface area contributed by atoms with Crippen molar-refractivity contribution in [2.75, 3.05) is 13.2 Å². The molecule has 0 spiro atoms. The van der Waals surface area contributed by atoms with E-state index in [2.05, 4.69) is 12.2 Å². The van der Waals surface area contributed by atoms with Crippen LogP contribution in [0, 0.1) is 5.92 Å². The van der Waals surface area contributed by atoms with Crippen LogP contribution in [-0.2, 0) is 4.74 Å². The van der Waals surface area contributed by atoms with Crippen LogP contribution in [-0.4, -0.2) is 25.3 Å². The van der Waals surface area contributed by atoms with Crippen molar-refractivity contribution >= 4 is 0 Å². The van der Waals surface area contributed by atoms with Crippen molar-refractivity contribution in [1.82, 2.24) is 5.32 Å². The minimum Gasteiger partial charge on any atom is -0.381 e. The number of rotatable bonds is 5. The summed E-state index contributed by atoms with van der Waals surface area (Å²) in [6, 6.07) is 1.62. The van der Waals surface area contributed by atoms with Crippen molar-refractivity contribution in [2.45, 2.75) is 83.2 Å². The van der Waals surface area contributed by atoms with Crippen LogP contribution in [0.25, 0.3) is 0 Å². The lowest BCUT2D eigenvalue weighted by Crippen LogP contribution is -2.40. The van der Waals surface area contributed by atoms with Gasteiger partial charge < -0.3 is 10.1 Å². The normalized spacial score (nSPS) is 31.2. The van der Waals surface area contributed by atoms with Crippen LogP contribution in [0.15, 0.2) is 0 Å². The van der Waals surface area contributed by atoms with Gasteiger partial charge in [0.1, 0.15) is 0 Å². The largest absolute Gasteiger partial charge is 0.381 e. The summed E-state index contributed by atoms with van der Waals surface area (Å²) in [7, 11) is 0. The van der Waals surface area contributed by atoms with E-state index in [0.29, 0.717) is 0 Å². The molecule has 2 fully saturated rings. The average Bonchev–Trinajstić information content (AvgIpc) is 2.67. The van der Waals surface area contributed by atoms with Crippen molar-refractivity contribution in [3.05, 3.63) is 0 Å². The fourth-order valence-electron chi connectivity index (χ4n) is 3.56. The first kappa shape index (κ1) is 14.3. The first-order valence-electron chi connectivity index (χ1n) is 8.22. The quantitative estimate of drug-likeness (QED) is 0.750. The molecule has 106 valence electrons. The minimum absolute atomic E-state index is 0.797. The van der Waals surface area contributed by atoms with Gasteiger partial charge in [-0.15, -0.1) is 0 Å². The van der Waals surface area contributed by atoms with Gasteiger partial charge in [0.05, 0.1) is 0 Å². The van der Waals surface area contributed by atoms with Crippen molar-refractivity contribution in [3.63, 3.8) is 0 Å². The molecule has 0 aromatic carbocycles. The van der Waals surface area contributed by atoms with Crippen LogP contribution >= 0.6 is 0 Å². The van der Waals surface area contributed by atoms with Crippen LogP contribution in [0.4, 0.5) is 0 Å². The van der Waals surface area contributed by atoms with E-state index < -0.39 is 0 Å². The van der Waals surface area contributed by atoms with Crippen LogP contribution in [0.1, 0.15) is 71.1 Å². The van der Waals surface area contributed by atoms with Crippen LogP contribution in [0.5, 0.6) is 0 Å². The second-order valence-electron chi connectivity index (χ2n) is 6.23. The summed E-state index contributed by atoms with van der Waals surface area (Å²) in [5, 5.41) is 3.93. The summed E-state index contributed by atoms with van der Waals surface area (Å²) >= 11 is 0. The third-order valence-electron chi connectivity index (χ3n) is 4.73. The molecule has 0 bridgehead atoms. The maximum atomic E-state index is 5.55. The van der Waals surface area contributed by atoms with E-state index in [1.807, 2.05) is 0 Å². The molecule has 0 saturated heterocycles. The van der Waals surface area contributed by atoms with Crippen molar-refractivity contribution < 1.29 is 4.74 Å². The highest BCUT2D eigenvalue weighted by atomic mass is 16.5. The lowest BCUT2D eigenvalue weighted by Gasteiger charge is -2.32. The van der Waals surface area contributed by atoms with E-state index in [1.54, 1.807) is 0 Å². The van der Waals surface area contributed by atoms with Gasteiger partial charge in [0, 0.05) is 25.3 Å². The standard InChI is InChI=1S/C16H31NO/c1-2-18-13-14-9-11-16(12-10-14)17-15-7-5-3-4-6-8-15/h14-17H,2-13H2,1H3. The van der Waals surface area contributed by atoms with E-state index in [4.69, 9.17) is 4.74 Å². The summed E-state index contributed by atoms with van der Waals surface area (Å²) in [5.41, 5.74) is 0. The Bertz CT molecular complexity index is 203. The Hall–Kier alpha value is -0.0800. The Morgan fingerprint density at radius 1 is 0.833 bits per heavy atom. The van der Waals surface area contributed by atoms with Gasteiger partial charge in [-0.2, -0.15) is 0 Å². The van der Waals surface area contributed by atoms with Crippen molar-refractivity contribution in [3.8, 4) is 0 Å². The maximum Gasteiger partial charge on any atom is 0.0494 e. The Morgan fingerprint density at radius 2 is 1.44 bits per heavy atom. The molecule has 2 aliphatic carbocycles. The SMILES string of the molecule is CCOCC1CCC(NC2CCCCCC2)CC1. The monoisotopic (exact) mass is 253 g/mol. The summed E-state index contributed by atoms with van der Waals surface area (Å²) in [5.74, 6) is 0.831. The van der Waals surface area contributed by atoms with Gasteiger partial charge >= 0.3 is 0 Å². The predicted molar refractivity (Wildman–Crippen MR) is 76.9 cm³/mol. The zero-order chi connectivity index (χ0) is 12.6. The third kappa shape index (κ3) is 4.89. The van der Waals surface area contributed by atoms with Gasteiger partial charge in [-0.25, -0.2) is 0 Å². The minimum atomic E-state index is 0.797. The van der Waals surface area contributed by atoms with Crippen LogP contribution < -0.4 is 5.32 Å². The smallest absolute Gasteiger partial charge is 0.0494 e. The highest BCUT2D eigenvalue weighted by Crippen LogP contribution is 2.26. The van der Waals surface area contributed by atoms with Crippen molar-refractivity contribution in [2.24, 2.45) is 5.92 Å². The molecule has 18 heavy (non-hydrogen) atoms. The Balaban J connectivity index is 1.63. The van der Waals surface area contributed by atoms with Gasteiger partial charge in [0.15, 0.2) is 0 Å². The number of ether oxygens (including phenoxy) is 1. The predicted octanol–water partition coefficient (Wildman–Crippen LogP) is 3.89. The number of hydrogen-bond donors (Lipinski definition) is 1. The molecule has 2 aliphatic rings. The molecule has 0 amide bonds. The molecule has 0 heterocycles. The first-order chi connectivity index (χ1) is 8.88. The fourth-order valence-corrected chi connectivity index (χ4v) is 3.56. The highest BCUT2D eigenvalue weighted by molar-refractivity contribution is 4.81. The van der Waals surface area contributed by atoms with Gasteiger partial charge in [-0.05, 0) is 51.4 Å². The fraction of sp³-hybridized carbons (Fsp3) is 1.00. The molecule has 2 heteroatoms. The lowest BCUT2D eigenvalue weighted by molar-refractivity contribution is 0.0887. The molecule has 0 aromatic rings. The second kappa shape index (κ2) is 8.16. The van der Waals surface area contributed by atoms with Gasteiger partial charge in [0.25, 0.3) is 0 Å². The second-order valence-corrected chi connectivity index (χ2v) is 6.23. The molecule has 2 nitrogen and oxygen atoms in total. The Morgan fingerprint density at radius 3 is 2.06 bits per heavy atom. The first-order valence-corrected chi connectivity index (χ1v) is 8.22. The summed E-state index contributed by atoms with van der Waals surface area (Å²) < 4.78 is 5.55. The third-order valence-corrected chi connectivity index (χ3v) is 4.73. The zero-order valence-corrected chi connectivity index (χ0v) is 12.1. The molecule has 0 unspecified atom stereocenters. The van der Waals surface area contributed by atoms with Gasteiger partial charge in [-0.3, -0.25) is 0 Å². The van der Waals surface area contributed by atoms with Crippen LogP contribution in [0.2, 0.25) is 0 Å². The number of nitrogens with one attached hydrogen (secondary N) is 1. The van der Waals surface area contributed by atoms with E-state index in [-0.39, 0.29) is 0 Å².